The highest BCUT2D eigenvalue weighted by Gasteiger charge is 2.16. The number of halogens is 4. The second-order valence-electron chi connectivity index (χ2n) is 4.44. The van der Waals surface area contributed by atoms with Gasteiger partial charge in [-0.2, -0.15) is 0 Å². The maximum absolute atomic E-state index is 13.6. The molecule has 1 nitrogen and oxygen atoms in total. The normalized spacial score (nSPS) is 12.4. The van der Waals surface area contributed by atoms with E-state index in [1.54, 1.807) is 25.2 Å². The molecular formula is C15H13BrClF2N. The van der Waals surface area contributed by atoms with Gasteiger partial charge in [-0.15, -0.1) is 0 Å². The molecule has 0 aliphatic carbocycles. The van der Waals surface area contributed by atoms with E-state index in [4.69, 9.17) is 11.6 Å². The van der Waals surface area contributed by atoms with E-state index in [9.17, 15) is 8.78 Å². The number of hydrogen-bond donors (Lipinski definition) is 1. The first kappa shape index (κ1) is 15.4. The molecule has 0 saturated heterocycles. The van der Waals surface area contributed by atoms with E-state index in [2.05, 4.69) is 21.2 Å². The van der Waals surface area contributed by atoms with E-state index in [1.807, 2.05) is 6.07 Å². The van der Waals surface area contributed by atoms with E-state index in [-0.39, 0.29) is 16.9 Å². The summed E-state index contributed by atoms with van der Waals surface area (Å²) >= 11 is 9.04. The maximum atomic E-state index is 13.6. The second-order valence-corrected chi connectivity index (χ2v) is 5.64. The summed E-state index contributed by atoms with van der Waals surface area (Å²) in [5.74, 6) is -0.747. The van der Waals surface area contributed by atoms with E-state index in [0.29, 0.717) is 10.9 Å². The first-order valence-electron chi connectivity index (χ1n) is 6.08. The van der Waals surface area contributed by atoms with E-state index < -0.39 is 5.82 Å². The Bertz CT molecular complexity index is 619. The van der Waals surface area contributed by atoms with Crippen LogP contribution in [0.1, 0.15) is 17.2 Å². The lowest BCUT2D eigenvalue weighted by Crippen LogP contribution is -2.19. The zero-order valence-electron chi connectivity index (χ0n) is 10.8. The summed E-state index contributed by atoms with van der Waals surface area (Å²) in [5.41, 5.74) is 1.69. The highest BCUT2D eigenvalue weighted by atomic mass is 79.9. The molecule has 0 aliphatic rings. The molecule has 2 rings (SSSR count). The Labute approximate surface area is 130 Å². The van der Waals surface area contributed by atoms with Crippen LogP contribution in [0.2, 0.25) is 5.02 Å². The molecule has 0 saturated carbocycles. The van der Waals surface area contributed by atoms with Crippen LogP contribution >= 0.6 is 27.5 Å². The third-order valence-electron chi connectivity index (χ3n) is 3.13. The zero-order chi connectivity index (χ0) is 14.7. The second kappa shape index (κ2) is 6.66. The summed E-state index contributed by atoms with van der Waals surface area (Å²) < 4.78 is 27.2. The lowest BCUT2D eigenvalue weighted by molar-refractivity contribution is 0.570. The first-order valence-corrected chi connectivity index (χ1v) is 7.25. The van der Waals surface area contributed by atoms with Crippen LogP contribution < -0.4 is 5.32 Å². The standard InChI is InChI=1S/C15H13BrClF2N/c1-20-14(10-3-2-4-13(19)15(10)16)8-9-5-6-12(18)11(17)7-9/h2-7,14,20H,8H2,1H3. The van der Waals surface area contributed by atoms with Gasteiger partial charge in [-0.05, 0) is 58.7 Å². The fourth-order valence-corrected chi connectivity index (χ4v) is 2.80. The summed E-state index contributed by atoms with van der Waals surface area (Å²) in [6.45, 7) is 0. The number of nitrogens with one attached hydrogen (secondary N) is 1. The summed E-state index contributed by atoms with van der Waals surface area (Å²) in [6.07, 6.45) is 0.582. The van der Waals surface area contributed by atoms with Gasteiger partial charge in [-0.3, -0.25) is 0 Å². The Morgan fingerprint density at radius 2 is 1.95 bits per heavy atom. The van der Waals surface area contributed by atoms with Gasteiger partial charge < -0.3 is 5.32 Å². The highest BCUT2D eigenvalue weighted by Crippen LogP contribution is 2.29. The van der Waals surface area contributed by atoms with Gasteiger partial charge in [0.25, 0.3) is 0 Å². The molecule has 0 fully saturated rings. The number of benzene rings is 2. The Morgan fingerprint density at radius 1 is 1.20 bits per heavy atom. The van der Waals surface area contributed by atoms with Crippen molar-refractivity contribution in [2.24, 2.45) is 0 Å². The van der Waals surface area contributed by atoms with Gasteiger partial charge in [0.2, 0.25) is 0 Å². The summed E-state index contributed by atoms with van der Waals surface area (Å²) in [6, 6.07) is 9.42. The zero-order valence-corrected chi connectivity index (χ0v) is 13.1. The number of hydrogen-bond acceptors (Lipinski definition) is 1. The van der Waals surface area contributed by atoms with Gasteiger partial charge in [-0.1, -0.05) is 29.8 Å². The van der Waals surface area contributed by atoms with Crippen molar-refractivity contribution in [3.05, 3.63) is 68.7 Å². The molecule has 1 atom stereocenters. The lowest BCUT2D eigenvalue weighted by atomic mass is 9.99. The van der Waals surface area contributed by atoms with Gasteiger partial charge in [0, 0.05) is 6.04 Å². The van der Waals surface area contributed by atoms with Crippen molar-refractivity contribution >= 4 is 27.5 Å². The van der Waals surface area contributed by atoms with Crippen molar-refractivity contribution < 1.29 is 8.78 Å². The average Bonchev–Trinajstić information content (AvgIpc) is 2.43. The summed E-state index contributed by atoms with van der Waals surface area (Å²) in [4.78, 5) is 0. The minimum Gasteiger partial charge on any atom is -0.313 e. The van der Waals surface area contributed by atoms with Crippen LogP contribution in [0.3, 0.4) is 0 Å². The predicted molar refractivity (Wildman–Crippen MR) is 81.0 cm³/mol. The maximum Gasteiger partial charge on any atom is 0.141 e. The van der Waals surface area contributed by atoms with Crippen LogP contribution in [0.25, 0.3) is 0 Å². The van der Waals surface area contributed by atoms with Crippen molar-refractivity contribution in [2.75, 3.05) is 7.05 Å². The van der Waals surface area contributed by atoms with Crippen LogP contribution in [-0.4, -0.2) is 7.05 Å². The number of likely N-dealkylation sites (N-methyl/N-ethyl adjacent to an activating group) is 1. The van der Waals surface area contributed by atoms with Crippen LogP contribution in [0.15, 0.2) is 40.9 Å². The van der Waals surface area contributed by atoms with Crippen LogP contribution in [0.5, 0.6) is 0 Å². The molecule has 0 aromatic heterocycles. The molecule has 0 spiro atoms. The fraction of sp³-hybridized carbons (Fsp3) is 0.200. The molecule has 0 bridgehead atoms. The molecule has 0 aliphatic heterocycles. The van der Waals surface area contributed by atoms with Gasteiger partial charge in [0.05, 0.1) is 9.50 Å². The lowest BCUT2D eigenvalue weighted by Gasteiger charge is -2.18. The molecule has 0 amide bonds. The Morgan fingerprint density at radius 3 is 2.60 bits per heavy atom. The average molecular weight is 361 g/mol. The minimum absolute atomic E-state index is 0.0932. The van der Waals surface area contributed by atoms with Crippen molar-refractivity contribution in [1.82, 2.24) is 5.32 Å². The van der Waals surface area contributed by atoms with E-state index in [0.717, 1.165) is 11.1 Å². The third kappa shape index (κ3) is 3.37. The third-order valence-corrected chi connectivity index (χ3v) is 4.26. The van der Waals surface area contributed by atoms with Gasteiger partial charge in [0.15, 0.2) is 0 Å². The molecule has 2 aromatic rings. The molecule has 5 heteroatoms. The Kier molecular flexibility index (Phi) is 5.13. The Hall–Kier alpha value is -0.970. The first-order chi connectivity index (χ1) is 9.52. The van der Waals surface area contributed by atoms with Gasteiger partial charge >= 0.3 is 0 Å². The molecule has 2 aromatic carbocycles. The SMILES string of the molecule is CNC(Cc1ccc(F)c(Cl)c1)c1cccc(F)c1Br. The quantitative estimate of drug-likeness (QED) is 0.819. The largest absolute Gasteiger partial charge is 0.313 e. The molecule has 1 N–H and O–H groups in total. The molecule has 106 valence electrons. The highest BCUT2D eigenvalue weighted by molar-refractivity contribution is 9.10. The fourth-order valence-electron chi connectivity index (χ4n) is 2.06. The van der Waals surface area contributed by atoms with Crippen molar-refractivity contribution in [3.8, 4) is 0 Å². The number of rotatable bonds is 4. The Balaban J connectivity index is 2.28. The summed E-state index contributed by atoms with van der Waals surface area (Å²) in [7, 11) is 1.80. The predicted octanol–water partition coefficient (Wildman–Crippen LogP) is 4.88. The molecule has 0 heterocycles. The van der Waals surface area contributed by atoms with Gasteiger partial charge in [0.1, 0.15) is 11.6 Å². The van der Waals surface area contributed by atoms with Crippen LogP contribution in [-0.2, 0) is 6.42 Å². The van der Waals surface area contributed by atoms with E-state index >= 15 is 0 Å². The molecular weight excluding hydrogens is 348 g/mol. The van der Waals surface area contributed by atoms with Crippen molar-refractivity contribution in [1.29, 1.82) is 0 Å². The molecule has 20 heavy (non-hydrogen) atoms. The van der Waals surface area contributed by atoms with Crippen LogP contribution in [0, 0.1) is 11.6 Å². The monoisotopic (exact) mass is 359 g/mol. The van der Waals surface area contributed by atoms with Crippen molar-refractivity contribution in [3.63, 3.8) is 0 Å². The minimum atomic E-state index is -0.441. The van der Waals surface area contributed by atoms with Crippen LogP contribution in [0.4, 0.5) is 8.78 Å². The van der Waals surface area contributed by atoms with Gasteiger partial charge in [-0.25, -0.2) is 8.78 Å². The van der Waals surface area contributed by atoms with Crippen molar-refractivity contribution in [2.45, 2.75) is 12.5 Å². The van der Waals surface area contributed by atoms with E-state index in [1.165, 1.54) is 12.1 Å². The smallest absolute Gasteiger partial charge is 0.141 e. The topological polar surface area (TPSA) is 12.0 Å². The summed E-state index contributed by atoms with van der Waals surface area (Å²) in [5, 5.41) is 3.23. The molecule has 1 unspecified atom stereocenters. The molecule has 0 radical (unpaired) electrons.